The maximum Gasteiger partial charge on any atom is 0.263 e. The molecule has 2 rings (SSSR count). The molecule has 0 saturated heterocycles. The number of rotatable bonds is 8. The zero-order valence-electron chi connectivity index (χ0n) is 14.7. The summed E-state index contributed by atoms with van der Waals surface area (Å²) in [5.41, 5.74) is 1.80. The van der Waals surface area contributed by atoms with Crippen molar-refractivity contribution >= 4 is 23.2 Å². The lowest BCUT2D eigenvalue weighted by Gasteiger charge is -2.05. The van der Waals surface area contributed by atoms with Gasteiger partial charge in [-0.2, -0.15) is 0 Å². The van der Waals surface area contributed by atoms with Crippen LogP contribution in [0.25, 0.3) is 0 Å². The van der Waals surface area contributed by atoms with Crippen molar-refractivity contribution in [2.45, 2.75) is 33.8 Å². The molecular weight excluding hydrogens is 338 g/mol. The minimum Gasteiger partial charge on any atom is -0.486 e. The summed E-state index contributed by atoms with van der Waals surface area (Å²) >= 11 is 1.28. The molecule has 0 aliphatic heterocycles. The topological polar surface area (TPSA) is 80.3 Å². The number of carbonyl (C=O) groups excluding carboxylic acids is 2. The summed E-state index contributed by atoms with van der Waals surface area (Å²) in [4.78, 5) is 28.6. The number of aryl methyl sites for hydroxylation is 2. The molecule has 1 aromatic heterocycles. The summed E-state index contributed by atoms with van der Waals surface area (Å²) in [7, 11) is 0. The lowest BCUT2D eigenvalue weighted by Crippen LogP contribution is -2.37. The van der Waals surface area contributed by atoms with Gasteiger partial charge in [-0.3, -0.25) is 9.59 Å². The first-order valence-electron chi connectivity index (χ1n) is 8.20. The first-order valence-corrected chi connectivity index (χ1v) is 9.02. The average molecular weight is 361 g/mol. The Morgan fingerprint density at radius 2 is 1.88 bits per heavy atom. The molecule has 6 nitrogen and oxygen atoms in total. The van der Waals surface area contributed by atoms with E-state index in [1.807, 2.05) is 38.1 Å². The van der Waals surface area contributed by atoms with Gasteiger partial charge in [0.25, 0.3) is 5.91 Å². The summed E-state index contributed by atoms with van der Waals surface area (Å²) in [6.45, 7) is 6.64. The second-order valence-electron chi connectivity index (χ2n) is 5.66. The van der Waals surface area contributed by atoms with Gasteiger partial charge in [0.15, 0.2) is 0 Å². The highest BCUT2D eigenvalue weighted by Gasteiger charge is 2.16. The predicted octanol–water partition coefficient (Wildman–Crippen LogP) is 2.59. The fraction of sp³-hybridized carbons (Fsp3) is 0.389. The molecule has 25 heavy (non-hydrogen) atoms. The third kappa shape index (κ3) is 5.86. The van der Waals surface area contributed by atoms with Crippen molar-refractivity contribution in [3.8, 4) is 5.75 Å². The SMILES string of the molecule is CCCNC(=O)CNC(=O)c1sc(COc2ccc(C)cc2)nc1C. The van der Waals surface area contributed by atoms with E-state index in [2.05, 4.69) is 15.6 Å². The van der Waals surface area contributed by atoms with Crippen LogP contribution in [0.2, 0.25) is 0 Å². The third-order valence-electron chi connectivity index (χ3n) is 3.41. The van der Waals surface area contributed by atoms with Gasteiger partial charge in [-0.1, -0.05) is 24.6 Å². The molecule has 2 amide bonds. The van der Waals surface area contributed by atoms with Crippen molar-refractivity contribution in [1.82, 2.24) is 15.6 Å². The first-order chi connectivity index (χ1) is 12.0. The van der Waals surface area contributed by atoms with E-state index in [0.29, 0.717) is 23.7 Å². The maximum absolute atomic E-state index is 12.2. The van der Waals surface area contributed by atoms with Crippen molar-refractivity contribution in [2.75, 3.05) is 13.1 Å². The Balaban J connectivity index is 1.89. The van der Waals surface area contributed by atoms with E-state index >= 15 is 0 Å². The van der Waals surface area contributed by atoms with Crippen LogP contribution in [0.3, 0.4) is 0 Å². The highest BCUT2D eigenvalue weighted by atomic mass is 32.1. The highest BCUT2D eigenvalue weighted by molar-refractivity contribution is 7.13. The lowest BCUT2D eigenvalue weighted by atomic mass is 10.2. The lowest BCUT2D eigenvalue weighted by molar-refractivity contribution is -0.120. The van der Waals surface area contributed by atoms with Gasteiger partial charge in [0.05, 0.1) is 12.2 Å². The average Bonchev–Trinajstić information content (AvgIpc) is 2.98. The number of nitrogens with zero attached hydrogens (tertiary/aromatic N) is 1. The van der Waals surface area contributed by atoms with E-state index in [1.54, 1.807) is 6.92 Å². The van der Waals surface area contributed by atoms with Gasteiger partial charge in [0.2, 0.25) is 5.91 Å². The van der Waals surface area contributed by atoms with Gasteiger partial charge in [-0.25, -0.2) is 4.98 Å². The van der Waals surface area contributed by atoms with Gasteiger partial charge in [-0.15, -0.1) is 11.3 Å². The predicted molar refractivity (Wildman–Crippen MR) is 98.0 cm³/mol. The van der Waals surface area contributed by atoms with Gasteiger partial charge >= 0.3 is 0 Å². The summed E-state index contributed by atoms with van der Waals surface area (Å²) in [5.74, 6) is 0.278. The van der Waals surface area contributed by atoms with Crippen LogP contribution in [0.4, 0.5) is 0 Å². The number of carbonyl (C=O) groups is 2. The fourth-order valence-electron chi connectivity index (χ4n) is 2.07. The van der Waals surface area contributed by atoms with E-state index in [-0.39, 0.29) is 18.4 Å². The first kappa shape index (κ1) is 18.9. The monoisotopic (exact) mass is 361 g/mol. The summed E-state index contributed by atoms with van der Waals surface area (Å²) < 4.78 is 5.69. The number of hydrogen-bond donors (Lipinski definition) is 2. The molecule has 0 bridgehead atoms. The molecule has 0 aliphatic rings. The molecule has 0 atom stereocenters. The number of ether oxygens (including phenoxy) is 1. The Kier molecular flexibility index (Phi) is 6.94. The Labute approximate surface area is 151 Å². The zero-order valence-corrected chi connectivity index (χ0v) is 15.5. The minimum atomic E-state index is -0.289. The van der Waals surface area contributed by atoms with Gasteiger partial charge < -0.3 is 15.4 Å². The standard InChI is InChI=1S/C18H23N3O3S/c1-4-9-19-15(22)10-20-18(23)17-13(3)21-16(25-17)11-24-14-7-5-12(2)6-8-14/h5-8H,4,9-11H2,1-3H3,(H,19,22)(H,20,23). The van der Waals surface area contributed by atoms with E-state index in [0.717, 1.165) is 17.2 Å². The highest BCUT2D eigenvalue weighted by Crippen LogP contribution is 2.20. The van der Waals surface area contributed by atoms with E-state index in [9.17, 15) is 9.59 Å². The van der Waals surface area contributed by atoms with Crippen molar-refractivity contribution in [1.29, 1.82) is 0 Å². The molecule has 0 unspecified atom stereocenters. The molecule has 134 valence electrons. The van der Waals surface area contributed by atoms with Crippen LogP contribution in [-0.2, 0) is 11.4 Å². The molecule has 2 N–H and O–H groups in total. The fourth-order valence-corrected chi connectivity index (χ4v) is 2.97. The van der Waals surface area contributed by atoms with Crippen LogP contribution < -0.4 is 15.4 Å². The van der Waals surface area contributed by atoms with Crippen molar-refractivity contribution in [3.05, 3.63) is 45.4 Å². The second-order valence-corrected chi connectivity index (χ2v) is 6.74. The molecular formula is C18H23N3O3S. The number of thiazole rings is 1. The van der Waals surface area contributed by atoms with Crippen LogP contribution in [-0.4, -0.2) is 29.9 Å². The molecule has 1 aromatic carbocycles. The summed E-state index contributed by atoms with van der Waals surface area (Å²) in [5, 5.41) is 6.06. The Morgan fingerprint density at radius 3 is 2.56 bits per heavy atom. The van der Waals surface area contributed by atoms with Crippen molar-refractivity contribution in [3.63, 3.8) is 0 Å². The van der Waals surface area contributed by atoms with Gasteiger partial charge in [0.1, 0.15) is 22.2 Å². The van der Waals surface area contributed by atoms with E-state index in [4.69, 9.17) is 4.74 Å². The van der Waals surface area contributed by atoms with Crippen LogP contribution in [0.15, 0.2) is 24.3 Å². The molecule has 7 heteroatoms. The van der Waals surface area contributed by atoms with Gasteiger partial charge in [-0.05, 0) is 32.4 Å². The number of amides is 2. The van der Waals surface area contributed by atoms with Crippen LogP contribution in [0, 0.1) is 13.8 Å². The minimum absolute atomic E-state index is 0.0363. The van der Waals surface area contributed by atoms with E-state index in [1.165, 1.54) is 16.9 Å². The van der Waals surface area contributed by atoms with Crippen LogP contribution >= 0.6 is 11.3 Å². The molecule has 0 fully saturated rings. The van der Waals surface area contributed by atoms with Crippen LogP contribution in [0.1, 0.15) is 39.3 Å². The summed E-state index contributed by atoms with van der Waals surface area (Å²) in [6.07, 6.45) is 0.859. The largest absolute Gasteiger partial charge is 0.486 e. The second kappa shape index (κ2) is 9.17. The molecule has 1 heterocycles. The Hall–Kier alpha value is -2.41. The Morgan fingerprint density at radius 1 is 1.16 bits per heavy atom. The molecule has 0 radical (unpaired) electrons. The van der Waals surface area contributed by atoms with Gasteiger partial charge in [0, 0.05) is 6.54 Å². The number of hydrogen-bond acceptors (Lipinski definition) is 5. The van der Waals surface area contributed by atoms with Crippen LogP contribution in [0.5, 0.6) is 5.75 Å². The van der Waals surface area contributed by atoms with Crippen molar-refractivity contribution < 1.29 is 14.3 Å². The molecule has 0 spiro atoms. The molecule has 0 aliphatic carbocycles. The normalized spacial score (nSPS) is 10.4. The van der Waals surface area contributed by atoms with E-state index < -0.39 is 0 Å². The quantitative estimate of drug-likeness (QED) is 0.757. The Bertz CT molecular complexity index is 726. The number of benzene rings is 1. The smallest absolute Gasteiger partial charge is 0.263 e. The maximum atomic E-state index is 12.2. The number of aromatic nitrogens is 1. The number of nitrogens with one attached hydrogen (secondary N) is 2. The zero-order chi connectivity index (χ0) is 18.2. The molecule has 0 saturated carbocycles. The van der Waals surface area contributed by atoms with Crippen molar-refractivity contribution in [2.24, 2.45) is 0 Å². The summed E-state index contributed by atoms with van der Waals surface area (Å²) in [6, 6.07) is 7.76. The third-order valence-corrected chi connectivity index (χ3v) is 4.54. The molecule has 2 aromatic rings.